The van der Waals surface area contributed by atoms with Gasteiger partial charge >= 0.3 is 0 Å². The first-order valence-electron chi connectivity index (χ1n) is 5.59. The number of sulfone groups is 1. The Morgan fingerprint density at radius 1 is 1.22 bits per heavy atom. The van der Waals surface area contributed by atoms with Crippen LogP contribution in [0.1, 0.15) is 12.0 Å². The fourth-order valence-corrected chi connectivity index (χ4v) is 2.62. The summed E-state index contributed by atoms with van der Waals surface area (Å²) in [6, 6.07) is 3.25. The highest BCUT2D eigenvalue weighted by Crippen LogP contribution is 2.33. The Labute approximate surface area is 108 Å². The SMILES string of the molecule is COc1cc(CCCN)c(OC)c(S(C)(=O)=O)c1. The molecular weight excluding hydrogens is 254 g/mol. The lowest BCUT2D eigenvalue weighted by molar-refractivity contribution is 0.387. The zero-order valence-electron chi connectivity index (χ0n) is 10.9. The second-order valence-corrected chi connectivity index (χ2v) is 5.97. The number of ether oxygens (including phenoxy) is 2. The maximum Gasteiger partial charge on any atom is 0.179 e. The molecule has 0 aromatic heterocycles. The normalized spacial score (nSPS) is 11.3. The smallest absolute Gasteiger partial charge is 0.179 e. The second-order valence-electron chi connectivity index (χ2n) is 3.98. The molecule has 6 heteroatoms. The van der Waals surface area contributed by atoms with Gasteiger partial charge in [0, 0.05) is 12.3 Å². The van der Waals surface area contributed by atoms with Crippen LogP contribution in [-0.2, 0) is 16.3 Å². The number of rotatable bonds is 6. The van der Waals surface area contributed by atoms with Gasteiger partial charge in [-0.2, -0.15) is 0 Å². The third-order valence-electron chi connectivity index (χ3n) is 2.59. The monoisotopic (exact) mass is 273 g/mol. The molecule has 1 rings (SSSR count). The summed E-state index contributed by atoms with van der Waals surface area (Å²) in [5, 5.41) is 0. The molecule has 0 heterocycles. The highest BCUT2D eigenvalue weighted by molar-refractivity contribution is 7.90. The average Bonchev–Trinajstić information content (AvgIpc) is 2.33. The average molecular weight is 273 g/mol. The first-order chi connectivity index (χ1) is 8.43. The van der Waals surface area contributed by atoms with Crippen molar-refractivity contribution in [1.29, 1.82) is 0 Å². The summed E-state index contributed by atoms with van der Waals surface area (Å²) in [6.07, 6.45) is 2.56. The minimum Gasteiger partial charge on any atom is -0.497 e. The number of hydrogen-bond donors (Lipinski definition) is 1. The Morgan fingerprint density at radius 2 is 1.89 bits per heavy atom. The van der Waals surface area contributed by atoms with E-state index in [1.807, 2.05) is 0 Å². The first kappa shape index (κ1) is 14.8. The van der Waals surface area contributed by atoms with Crippen molar-refractivity contribution in [3.63, 3.8) is 0 Å². The molecule has 0 spiro atoms. The Bertz CT molecular complexity index is 511. The van der Waals surface area contributed by atoms with Crippen LogP contribution in [0.5, 0.6) is 11.5 Å². The molecule has 0 aliphatic rings. The van der Waals surface area contributed by atoms with Gasteiger partial charge in [0.2, 0.25) is 0 Å². The minimum absolute atomic E-state index is 0.149. The van der Waals surface area contributed by atoms with Crippen molar-refractivity contribution in [3.05, 3.63) is 17.7 Å². The lowest BCUT2D eigenvalue weighted by atomic mass is 10.1. The fourth-order valence-electron chi connectivity index (χ4n) is 1.74. The van der Waals surface area contributed by atoms with Crippen LogP contribution < -0.4 is 15.2 Å². The lowest BCUT2D eigenvalue weighted by Crippen LogP contribution is -2.06. The van der Waals surface area contributed by atoms with E-state index in [2.05, 4.69) is 0 Å². The maximum absolute atomic E-state index is 11.7. The van der Waals surface area contributed by atoms with Gasteiger partial charge in [0.05, 0.1) is 14.2 Å². The van der Waals surface area contributed by atoms with Gasteiger partial charge in [-0.1, -0.05) is 0 Å². The molecule has 0 aliphatic heterocycles. The van der Waals surface area contributed by atoms with Gasteiger partial charge in [-0.3, -0.25) is 0 Å². The second kappa shape index (κ2) is 6.06. The molecule has 0 radical (unpaired) electrons. The number of aryl methyl sites for hydroxylation is 1. The van der Waals surface area contributed by atoms with Gasteiger partial charge in [-0.25, -0.2) is 8.42 Å². The molecule has 5 nitrogen and oxygen atoms in total. The number of methoxy groups -OCH3 is 2. The maximum atomic E-state index is 11.7. The predicted molar refractivity (Wildman–Crippen MR) is 70.0 cm³/mol. The fraction of sp³-hybridized carbons (Fsp3) is 0.500. The Hall–Kier alpha value is -1.27. The molecule has 0 aliphatic carbocycles. The van der Waals surface area contributed by atoms with Crippen LogP contribution in [0.25, 0.3) is 0 Å². The molecule has 0 bridgehead atoms. The van der Waals surface area contributed by atoms with Crippen molar-refractivity contribution in [3.8, 4) is 11.5 Å². The van der Waals surface area contributed by atoms with Gasteiger partial charge in [0.1, 0.15) is 16.4 Å². The van der Waals surface area contributed by atoms with Crippen LogP contribution >= 0.6 is 0 Å². The van der Waals surface area contributed by atoms with Crippen molar-refractivity contribution >= 4 is 9.84 Å². The molecule has 0 saturated carbocycles. The molecular formula is C12H19NO4S. The summed E-state index contributed by atoms with van der Waals surface area (Å²) in [5.74, 6) is 0.884. The van der Waals surface area contributed by atoms with Crippen LogP contribution in [0.3, 0.4) is 0 Å². The summed E-state index contributed by atoms with van der Waals surface area (Å²) in [6.45, 7) is 0.536. The van der Waals surface area contributed by atoms with Crippen molar-refractivity contribution in [2.24, 2.45) is 5.73 Å². The van der Waals surface area contributed by atoms with Crippen LogP contribution in [0, 0.1) is 0 Å². The van der Waals surface area contributed by atoms with E-state index in [9.17, 15) is 8.42 Å². The molecule has 18 heavy (non-hydrogen) atoms. The van der Waals surface area contributed by atoms with Crippen LogP contribution in [0.4, 0.5) is 0 Å². The van der Waals surface area contributed by atoms with Crippen LogP contribution in [0.15, 0.2) is 17.0 Å². The van der Waals surface area contributed by atoms with E-state index in [1.165, 1.54) is 20.3 Å². The highest BCUT2D eigenvalue weighted by Gasteiger charge is 2.19. The third kappa shape index (κ3) is 3.36. The topological polar surface area (TPSA) is 78.6 Å². The first-order valence-corrected chi connectivity index (χ1v) is 7.48. The summed E-state index contributed by atoms with van der Waals surface area (Å²) in [5.41, 5.74) is 6.27. The standard InChI is InChI=1S/C12H19NO4S/c1-16-10-7-9(5-4-6-13)12(17-2)11(8-10)18(3,14)15/h7-8H,4-6,13H2,1-3H3. The molecule has 0 unspecified atom stereocenters. The van der Waals surface area contributed by atoms with Gasteiger partial charge in [-0.05, 0) is 31.0 Å². The Balaban J connectivity index is 3.40. The lowest BCUT2D eigenvalue weighted by Gasteiger charge is -2.14. The molecule has 0 atom stereocenters. The predicted octanol–water partition coefficient (Wildman–Crippen LogP) is 0.999. The number of benzene rings is 1. The quantitative estimate of drug-likeness (QED) is 0.836. The van der Waals surface area contributed by atoms with Crippen molar-refractivity contribution in [1.82, 2.24) is 0 Å². The number of hydrogen-bond acceptors (Lipinski definition) is 5. The van der Waals surface area contributed by atoms with E-state index in [0.29, 0.717) is 24.5 Å². The molecule has 1 aromatic carbocycles. The van der Waals surface area contributed by atoms with E-state index in [1.54, 1.807) is 6.07 Å². The van der Waals surface area contributed by atoms with Crippen molar-refractivity contribution in [2.75, 3.05) is 27.0 Å². The van der Waals surface area contributed by atoms with Gasteiger partial charge in [0.15, 0.2) is 9.84 Å². The van der Waals surface area contributed by atoms with Gasteiger partial charge in [0.25, 0.3) is 0 Å². The summed E-state index contributed by atoms with van der Waals surface area (Å²) in [7, 11) is -0.401. The largest absolute Gasteiger partial charge is 0.497 e. The minimum atomic E-state index is -3.36. The molecule has 102 valence electrons. The third-order valence-corrected chi connectivity index (χ3v) is 3.70. The van der Waals surface area contributed by atoms with E-state index in [0.717, 1.165) is 18.2 Å². The van der Waals surface area contributed by atoms with E-state index in [-0.39, 0.29) is 4.90 Å². The number of nitrogens with two attached hydrogens (primary N) is 1. The summed E-state index contributed by atoms with van der Waals surface area (Å²) in [4.78, 5) is 0.149. The highest BCUT2D eigenvalue weighted by atomic mass is 32.2. The zero-order chi connectivity index (χ0) is 13.8. The van der Waals surface area contributed by atoms with Crippen LogP contribution in [0.2, 0.25) is 0 Å². The summed E-state index contributed by atoms with van der Waals surface area (Å²) >= 11 is 0. The molecule has 1 aromatic rings. The van der Waals surface area contributed by atoms with Crippen LogP contribution in [-0.4, -0.2) is 35.4 Å². The molecule has 0 saturated heterocycles. The molecule has 0 amide bonds. The molecule has 2 N–H and O–H groups in total. The van der Waals surface area contributed by atoms with Crippen molar-refractivity contribution < 1.29 is 17.9 Å². The van der Waals surface area contributed by atoms with E-state index in [4.69, 9.17) is 15.2 Å². The Morgan fingerprint density at radius 3 is 2.33 bits per heavy atom. The zero-order valence-corrected chi connectivity index (χ0v) is 11.7. The van der Waals surface area contributed by atoms with Crippen molar-refractivity contribution in [2.45, 2.75) is 17.7 Å². The molecule has 0 fully saturated rings. The van der Waals surface area contributed by atoms with E-state index >= 15 is 0 Å². The summed E-state index contributed by atoms with van der Waals surface area (Å²) < 4.78 is 33.8. The van der Waals surface area contributed by atoms with Gasteiger partial charge < -0.3 is 15.2 Å². The Kier molecular flexibility index (Phi) is 4.98. The van der Waals surface area contributed by atoms with Gasteiger partial charge in [-0.15, -0.1) is 0 Å². The van der Waals surface area contributed by atoms with E-state index < -0.39 is 9.84 Å².